The van der Waals surface area contributed by atoms with Crippen molar-refractivity contribution in [3.05, 3.63) is 48.0 Å². The molecule has 3 rings (SSSR count). The Morgan fingerprint density at radius 1 is 1.15 bits per heavy atom. The van der Waals surface area contributed by atoms with Crippen molar-refractivity contribution in [3.63, 3.8) is 0 Å². The van der Waals surface area contributed by atoms with Gasteiger partial charge in [0.05, 0.1) is 18.1 Å². The summed E-state index contributed by atoms with van der Waals surface area (Å²) in [5.74, 6) is 0.418. The molecule has 3 aromatic rings. The quantitative estimate of drug-likeness (QED) is 0.371. The van der Waals surface area contributed by atoms with Crippen molar-refractivity contribution in [1.29, 1.82) is 0 Å². The summed E-state index contributed by atoms with van der Waals surface area (Å²) in [7, 11) is 1.35. The number of anilines is 1. The zero-order valence-corrected chi connectivity index (χ0v) is 19.2. The summed E-state index contributed by atoms with van der Waals surface area (Å²) in [6.45, 7) is 2.44. The largest absolute Gasteiger partial charge is 0.493 e. The molecule has 1 aromatic heterocycles. The van der Waals surface area contributed by atoms with Gasteiger partial charge in [0.25, 0.3) is 0 Å². The minimum atomic E-state index is -4.44. The SMILES string of the molecule is CCOCCCn1c(NC(=O)CCc2ccc(OCC(F)(F)F)c(OC)c2)nc2ccccc21. The average Bonchev–Trinajstić information content (AvgIpc) is 3.15. The second-order valence-corrected chi connectivity index (χ2v) is 7.56. The van der Waals surface area contributed by atoms with Crippen molar-refractivity contribution < 1.29 is 32.2 Å². The standard InChI is InChI=1S/C24H28F3N3O4/c1-3-33-14-6-13-30-19-8-5-4-7-18(19)28-23(30)29-22(31)12-10-17-9-11-20(21(15-17)32-2)34-16-24(25,26)27/h4-5,7-9,11,15H,3,6,10,12-14,16H2,1-2H3,(H,28,29,31). The van der Waals surface area contributed by atoms with Crippen LogP contribution in [0.15, 0.2) is 42.5 Å². The van der Waals surface area contributed by atoms with E-state index >= 15 is 0 Å². The van der Waals surface area contributed by atoms with Gasteiger partial charge in [-0.15, -0.1) is 0 Å². The highest BCUT2D eigenvalue weighted by Crippen LogP contribution is 2.30. The number of halogens is 3. The second kappa shape index (κ2) is 11.7. The number of fused-ring (bicyclic) bond motifs is 1. The highest BCUT2D eigenvalue weighted by molar-refractivity contribution is 5.91. The van der Waals surface area contributed by atoms with Crippen LogP contribution in [0.3, 0.4) is 0 Å². The minimum absolute atomic E-state index is 0.00574. The number of nitrogens with one attached hydrogen (secondary N) is 1. The van der Waals surface area contributed by atoms with E-state index in [4.69, 9.17) is 14.2 Å². The Morgan fingerprint density at radius 3 is 2.68 bits per heavy atom. The second-order valence-electron chi connectivity index (χ2n) is 7.56. The summed E-state index contributed by atoms with van der Waals surface area (Å²) in [6.07, 6.45) is -3.14. The van der Waals surface area contributed by atoms with Crippen LogP contribution < -0.4 is 14.8 Å². The molecule has 0 aliphatic rings. The van der Waals surface area contributed by atoms with Crippen molar-refractivity contribution in [2.24, 2.45) is 0 Å². The molecule has 34 heavy (non-hydrogen) atoms. The number of hydrogen-bond acceptors (Lipinski definition) is 5. The Bertz CT molecular complexity index is 1100. The number of aromatic nitrogens is 2. The van der Waals surface area contributed by atoms with E-state index in [1.807, 2.05) is 35.8 Å². The van der Waals surface area contributed by atoms with E-state index in [1.165, 1.54) is 13.2 Å². The van der Waals surface area contributed by atoms with Crippen LogP contribution in [-0.4, -0.2) is 48.6 Å². The first-order valence-corrected chi connectivity index (χ1v) is 11.0. The predicted molar refractivity (Wildman–Crippen MR) is 122 cm³/mol. The number of carbonyl (C=O) groups is 1. The number of aryl methyl sites for hydroxylation is 2. The molecule has 0 radical (unpaired) electrons. The first kappa shape index (κ1) is 25.4. The zero-order valence-electron chi connectivity index (χ0n) is 19.2. The number of para-hydroxylation sites is 2. The van der Waals surface area contributed by atoms with Gasteiger partial charge in [-0.05, 0) is 49.6 Å². The lowest BCUT2D eigenvalue weighted by atomic mass is 10.1. The monoisotopic (exact) mass is 479 g/mol. The molecule has 0 atom stereocenters. The molecule has 0 spiro atoms. The van der Waals surface area contributed by atoms with Gasteiger partial charge in [-0.1, -0.05) is 18.2 Å². The fourth-order valence-electron chi connectivity index (χ4n) is 3.46. The maximum Gasteiger partial charge on any atom is 0.422 e. The first-order valence-electron chi connectivity index (χ1n) is 11.0. The normalized spacial score (nSPS) is 11.6. The van der Waals surface area contributed by atoms with Gasteiger partial charge in [-0.3, -0.25) is 10.1 Å². The number of hydrogen-bond donors (Lipinski definition) is 1. The molecule has 0 saturated heterocycles. The molecule has 0 fully saturated rings. The third-order valence-corrected chi connectivity index (χ3v) is 5.04. The summed E-state index contributed by atoms with van der Waals surface area (Å²) >= 11 is 0. The van der Waals surface area contributed by atoms with Crippen LogP contribution in [0.2, 0.25) is 0 Å². The fraction of sp³-hybridized carbons (Fsp3) is 0.417. The number of imidazole rings is 1. The van der Waals surface area contributed by atoms with Gasteiger partial charge >= 0.3 is 6.18 Å². The molecular formula is C24H28F3N3O4. The van der Waals surface area contributed by atoms with Gasteiger partial charge < -0.3 is 18.8 Å². The maximum atomic E-state index is 12.7. The molecule has 184 valence electrons. The van der Waals surface area contributed by atoms with Crippen molar-refractivity contribution in [1.82, 2.24) is 9.55 Å². The van der Waals surface area contributed by atoms with Gasteiger partial charge in [-0.2, -0.15) is 13.2 Å². The molecule has 7 nitrogen and oxygen atoms in total. The molecular weight excluding hydrogens is 451 g/mol. The summed E-state index contributed by atoms with van der Waals surface area (Å²) in [6, 6.07) is 12.2. The topological polar surface area (TPSA) is 74.6 Å². The fourth-order valence-corrected chi connectivity index (χ4v) is 3.46. The van der Waals surface area contributed by atoms with Gasteiger partial charge in [0, 0.05) is 26.2 Å². The summed E-state index contributed by atoms with van der Waals surface area (Å²) in [5, 5.41) is 2.88. The summed E-state index contributed by atoms with van der Waals surface area (Å²) in [5.41, 5.74) is 2.44. The molecule has 10 heteroatoms. The van der Waals surface area contributed by atoms with Crippen LogP contribution in [0.1, 0.15) is 25.3 Å². The molecule has 0 bridgehead atoms. The van der Waals surface area contributed by atoms with Crippen LogP contribution in [0.5, 0.6) is 11.5 Å². The highest BCUT2D eigenvalue weighted by atomic mass is 19.4. The van der Waals surface area contributed by atoms with Crippen molar-refractivity contribution in [2.45, 2.75) is 38.9 Å². The lowest BCUT2D eigenvalue weighted by molar-refractivity contribution is -0.153. The zero-order chi connectivity index (χ0) is 24.6. The molecule has 0 aliphatic carbocycles. The number of methoxy groups -OCH3 is 1. The number of rotatable bonds is 12. The van der Waals surface area contributed by atoms with Gasteiger partial charge in [0.15, 0.2) is 18.1 Å². The number of nitrogens with zero attached hydrogens (tertiary/aromatic N) is 2. The summed E-state index contributed by atoms with van der Waals surface area (Å²) < 4.78 is 54.6. The highest BCUT2D eigenvalue weighted by Gasteiger charge is 2.29. The van der Waals surface area contributed by atoms with Crippen LogP contribution >= 0.6 is 0 Å². The minimum Gasteiger partial charge on any atom is -0.493 e. The number of ether oxygens (including phenoxy) is 3. The number of carbonyl (C=O) groups excluding carboxylic acids is 1. The Morgan fingerprint density at radius 2 is 1.94 bits per heavy atom. The van der Waals surface area contributed by atoms with E-state index in [9.17, 15) is 18.0 Å². The Balaban J connectivity index is 1.63. The average molecular weight is 479 g/mol. The van der Waals surface area contributed by atoms with E-state index in [2.05, 4.69) is 10.3 Å². The van der Waals surface area contributed by atoms with E-state index in [0.717, 1.165) is 23.0 Å². The van der Waals surface area contributed by atoms with Crippen molar-refractivity contribution in [3.8, 4) is 11.5 Å². The van der Waals surface area contributed by atoms with Crippen LogP contribution in [0.4, 0.5) is 19.1 Å². The van der Waals surface area contributed by atoms with Gasteiger partial charge in [0.2, 0.25) is 11.9 Å². The molecule has 0 aliphatic heterocycles. The van der Waals surface area contributed by atoms with Crippen LogP contribution in [-0.2, 0) is 22.5 Å². The maximum absolute atomic E-state index is 12.7. The lowest BCUT2D eigenvalue weighted by Crippen LogP contribution is -2.19. The van der Waals surface area contributed by atoms with Crippen LogP contribution in [0.25, 0.3) is 11.0 Å². The molecule has 1 heterocycles. The molecule has 0 saturated carbocycles. The van der Waals surface area contributed by atoms with Gasteiger partial charge in [0.1, 0.15) is 0 Å². The van der Waals surface area contributed by atoms with E-state index in [1.54, 1.807) is 12.1 Å². The lowest BCUT2D eigenvalue weighted by Gasteiger charge is -2.13. The first-order chi connectivity index (χ1) is 16.3. The Kier molecular flexibility index (Phi) is 8.75. The van der Waals surface area contributed by atoms with E-state index < -0.39 is 12.8 Å². The molecule has 2 aromatic carbocycles. The third kappa shape index (κ3) is 7.11. The van der Waals surface area contributed by atoms with E-state index in [0.29, 0.717) is 32.1 Å². The Hall–Kier alpha value is -3.27. The predicted octanol–water partition coefficient (Wildman–Crippen LogP) is 4.98. The van der Waals surface area contributed by atoms with E-state index in [-0.39, 0.29) is 23.8 Å². The van der Waals surface area contributed by atoms with Crippen LogP contribution in [0, 0.1) is 0 Å². The van der Waals surface area contributed by atoms with Gasteiger partial charge in [-0.25, -0.2) is 4.98 Å². The molecule has 1 amide bonds. The van der Waals surface area contributed by atoms with Crippen molar-refractivity contribution >= 4 is 22.9 Å². The van der Waals surface area contributed by atoms with Crippen molar-refractivity contribution in [2.75, 3.05) is 32.2 Å². The number of alkyl halides is 3. The smallest absolute Gasteiger partial charge is 0.422 e. The number of amides is 1. The third-order valence-electron chi connectivity index (χ3n) is 5.04. The number of benzene rings is 2. The summed E-state index contributed by atoms with van der Waals surface area (Å²) in [4.78, 5) is 17.2. The molecule has 1 N–H and O–H groups in total. The Labute approximate surface area is 195 Å². The molecule has 0 unspecified atom stereocenters.